The quantitative estimate of drug-likeness (QED) is 0.444. The molecule has 218 valence electrons. The summed E-state index contributed by atoms with van der Waals surface area (Å²) in [7, 11) is 3.46. The predicted octanol–water partition coefficient (Wildman–Crippen LogP) is 4.93. The summed E-state index contributed by atoms with van der Waals surface area (Å²) in [5.74, 6) is 1.75. The molecule has 0 bridgehead atoms. The van der Waals surface area contributed by atoms with Crippen molar-refractivity contribution < 1.29 is 13.9 Å². The van der Waals surface area contributed by atoms with Crippen LogP contribution in [0.15, 0.2) is 60.7 Å². The normalized spacial score (nSPS) is 21.4. The molecule has 4 aliphatic rings. The Bertz CT molecular complexity index is 1310. The van der Waals surface area contributed by atoms with Crippen molar-refractivity contribution in [3.8, 4) is 11.5 Å². The molecule has 6 nitrogen and oxygen atoms in total. The molecule has 3 aromatic rings. The van der Waals surface area contributed by atoms with Gasteiger partial charge >= 0.3 is 0 Å². The molecular formula is C34H43FN4O2. The largest absolute Gasteiger partial charge is 0.497 e. The van der Waals surface area contributed by atoms with E-state index >= 15 is 0 Å². The van der Waals surface area contributed by atoms with Gasteiger partial charge in [0.25, 0.3) is 0 Å². The molecule has 2 atom stereocenters. The Kier molecular flexibility index (Phi) is 8.63. The number of methoxy groups -OCH3 is 2. The highest BCUT2D eigenvalue weighted by Gasteiger charge is 2.32. The summed E-state index contributed by atoms with van der Waals surface area (Å²) >= 11 is 0. The zero-order valence-electron chi connectivity index (χ0n) is 24.4. The number of fused-ring (bicyclic) bond motifs is 2. The Morgan fingerprint density at radius 3 is 2.00 bits per heavy atom. The molecule has 2 unspecified atom stereocenters. The van der Waals surface area contributed by atoms with Crippen LogP contribution in [-0.2, 0) is 19.3 Å². The molecular weight excluding hydrogens is 515 g/mol. The number of nitrogens with zero attached hydrogens (tertiary/aromatic N) is 3. The van der Waals surface area contributed by atoms with Gasteiger partial charge in [-0.15, -0.1) is 0 Å². The average Bonchev–Trinajstić information content (AvgIpc) is 3.82. The maximum atomic E-state index is 13.0. The van der Waals surface area contributed by atoms with Gasteiger partial charge in [0.15, 0.2) is 0 Å². The molecule has 2 fully saturated rings. The summed E-state index contributed by atoms with van der Waals surface area (Å²) < 4.78 is 23.7. The van der Waals surface area contributed by atoms with E-state index in [1.54, 1.807) is 26.4 Å². The molecule has 4 heterocycles. The van der Waals surface area contributed by atoms with E-state index in [2.05, 4.69) is 56.4 Å². The van der Waals surface area contributed by atoms with Crippen LogP contribution < -0.4 is 24.6 Å². The summed E-state index contributed by atoms with van der Waals surface area (Å²) in [4.78, 5) is 7.64. The Balaban J connectivity index is 0.000000162. The molecule has 0 saturated carbocycles. The highest BCUT2D eigenvalue weighted by atomic mass is 19.1. The SMILES string of the molecule is COc1ccc2c(c1)N(C1CCN(CCc3ccc(F)cc3)C1)CC2.COc1ccc2c(c1)N(C1CCNC1)CC2. The zero-order chi connectivity index (χ0) is 28.2. The van der Waals surface area contributed by atoms with Crippen molar-refractivity contribution in [2.75, 3.05) is 69.8 Å². The molecule has 0 spiro atoms. The van der Waals surface area contributed by atoms with E-state index in [9.17, 15) is 4.39 Å². The maximum Gasteiger partial charge on any atom is 0.123 e. The highest BCUT2D eigenvalue weighted by molar-refractivity contribution is 5.62. The molecule has 0 aromatic heterocycles. The van der Waals surface area contributed by atoms with Gasteiger partial charge in [0.2, 0.25) is 0 Å². The van der Waals surface area contributed by atoms with Crippen molar-refractivity contribution >= 4 is 11.4 Å². The van der Waals surface area contributed by atoms with Gasteiger partial charge in [0, 0.05) is 74.9 Å². The zero-order valence-corrected chi connectivity index (χ0v) is 24.4. The number of anilines is 2. The summed E-state index contributed by atoms with van der Waals surface area (Å²) in [6.45, 7) is 7.84. The third-order valence-electron chi connectivity index (χ3n) is 9.24. The lowest BCUT2D eigenvalue weighted by Gasteiger charge is -2.27. The molecule has 41 heavy (non-hydrogen) atoms. The van der Waals surface area contributed by atoms with Crippen LogP contribution in [0.5, 0.6) is 11.5 Å². The molecule has 4 aliphatic heterocycles. The van der Waals surface area contributed by atoms with Gasteiger partial charge in [-0.25, -0.2) is 4.39 Å². The second-order valence-electron chi connectivity index (χ2n) is 11.6. The van der Waals surface area contributed by atoms with E-state index in [1.807, 2.05) is 12.1 Å². The molecule has 3 aromatic carbocycles. The number of ether oxygens (including phenoxy) is 2. The van der Waals surface area contributed by atoms with Gasteiger partial charge in [-0.1, -0.05) is 24.3 Å². The number of benzene rings is 3. The van der Waals surface area contributed by atoms with Crippen LogP contribution in [0.3, 0.4) is 0 Å². The third kappa shape index (κ3) is 6.31. The minimum atomic E-state index is -0.159. The number of rotatable bonds is 7. The van der Waals surface area contributed by atoms with E-state index in [4.69, 9.17) is 9.47 Å². The van der Waals surface area contributed by atoms with Gasteiger partial charge in [-0.3, -0.25) is 0 Å². The first-order valence-electron chi connectivity index (χ1n) is 15.2. The first kappa shape index (κ1) is 27.9. The van der Waals surface area contributed by atoms with E-state index in [0.717, 1.165) is 70.2 Å². The number of likely N-dealkylation sites (tertiary alicyclic amines) is 1. The van der Waals surface area contributed by atoms with E-state index in [1.165, 1.54) is 47.3 Å². The number of hydrogen-bond acceptors (Lipinski definition) is 6. The maximum absolute atomic E-state index is 13.0. The van der Waals surface area contributed by atoms with Gasteiger partial charge in [-0.05, 0) is 79.6 Å². The number of halogens is 1. The van der Waals surface area contributed by atoms with Crippen LogP contribution in [-0.4, -0.2) is 77.0 Å². The topological polar surface area (TPSA) is 40.2 Å². The number of hydrogen-bond donors (Lipinski definition) is 1. The first-order chi connectivity index (χ1) is 20.1. The summed E-state index contributed by atoms with van der Waals surface area (Å²) in [6.07, 6.45) is 5.76. The minimum absolute atomic E-state index is 0.159. The lowest BCUT2D eigenvalue weighted by atomic mass is 10.1. The smallest absolute Gasteiger partial charge is 0.123 e. The van der Waals surface area contributed by atoms with Crippen molar-refractivity contribution in [1.82, 2.24) is 10.2 Å². The van der Waals surface area contributed by atoms with Crippen LogP contribution in [0.25, 0.3) is 0 Å². The van der Waals surface area contributed by atoms with Gasteiger partial charge < -0.3 is 29.5 Å². The fraction of sp³-hybridized carbons (Fsp3) is 0.471. The Morgan fingerprint density at radius 1 is 0.780 bits per heavy atom. The van der Waals surface area contributed by atoms with Crippen LogP contribution >= 0.6 is 0 Å². The molecule has 0 amide bonds. The first-order valence-corrected chi connectivity index (χ1v) is 15.2. The Morgan fingerprint density at radius 2 is 1.41 bits per heavy atom. The van der Waals surface area contributed by atoms with E-state index in [0.29, 0.717) is 12.1 Å². The van der Waals surface area contributed by atoms with Crippen LogP contribution in [0.4, 0.5) is 15.8 Å². The highest BCUT2D eigenvalue weighted by Crippen LogP contribution is 2.36. The summed E-state index contributed by atoms with van der Waals surface area (Å²) in [6, 6.07) is 21.1. The van der Waals surface area contributed by atoms with Gasteiger partial charge in [0.1, 0.15) is 17.3 Å². The Hall–Kier alpha value is -3.29. The van der Waals surface area contributed by atoms with E-state index in [-0.39, 0.29) is 5.82 Å². The monoisotopic (exact) mass is 558 g/mol. The van der Waals surface area contributed by atoms with Crippen molar-refractivity contribution in [2.24, 2.45) is 0 Å². The fourth-order valence-corrected chi connectivity index (χ4v) is 6.89. The lowest BCUT2D eigenvalue weighted by molar-refractivity contribution is 0.337. The van der Waals surface area contributed by atoms with Crippen molar-refractivity contribution in [3.05, 3.63) is 83.2 Å². The summed E-state index contributed by atoms with van der Waals surface area (Å²) in [5.41, 5.74) is 6.84. The summed E-state index contributed by atoms with van der Waals surface area (Å²) in [5, 5.41) is 3.44. The minimum Gasteiger partial charge on any atom is -0.497 e. The van der Waals surface area contributed by atoms with E-state index < -0.39 is 0 Å². The average molecular weight is 559 g/mol. The number of nitrogens with one attached hydrogen (secondary N) is 1. The van der Waals surface area contributed by atoms with Gasteiger partial charge in [0.05, 0.1) is 14.2 Å². The second kappa shape index (κ2) is 12.7. The fourth-order valence-electron chi connectivity index (χ4n) is 6.89. The molecule has 2 saturated heterocycles. The third-order valence-corrected chi connectivity index (χ3v) is 9.24. The van der Waals surface area contributed by atoms with Crippen LogP contribution in [0, 0.1) is 5.82 Å². The second-order valence-corrected chi connectivity index (χ2v) is 11.6. The molecule has 0 radical (unpaired) electrons. The van der Waals surface area contributed by atoms with Gasteiger partial charge in [-0.2, -0.15) is 0 Å². The van der Waals surface area contributed by atoms with Crippen molar-refractivity contribution in [3.63, 3.8) is 0 Å². The molecule has 7 rings (SSSR count). The van der Waals surface area contributed by atoms with Crippen molar-refractivity contribution in [1.29, 1.82) is 0 Å². The molecule has 0 aliphatic carbocycles. The molecule has 7 heteroatoms. The van der Waals surface area contributed by atoms with Crippen LogP contribution in [0.1, 0.15) is 29.5 Å². The lowest BCUT2D eigenvalue weighted by Crippen LogP contribution is -2.36. The standard InChI is InChI=1S/C21H25FN2O.C13H18N2O/c1-25-20-7-4-17-9-13-24(21(17)14-20)19-10-12-23(15-19)11-8-16-2-5-18(22)6-3-16;1-16-12-3-2-10-5-7-15(13(10)8-12)11-4-6-14-9-11/h2-7,14,19H,8-13,15H2,1H3;2-3,8,11,14H,4-7,9H2,1H3. The van der Waals surface area contributed by atoms with Crippen molar-refractivity contribution in [2.45, 2.75) is 44.2 Å². The van der Waals surface area contributed by atoms with Crippen LogP contribution in [0.2, 0.25) is 0 Å². The Labute approximate surface area is 244 Å². The predicted molar refractivity (Wildman–Crippen MR) is 164 cm³/mol. The molecule has 1 N–H and O–H groups in total.